The molecule has 0 N–H and O–H groups in total. The van der Waals surface area contributed by atoms with Gasteiger partial charge in [-0.25, -0.2) is 4.68 Å². The van der Waals surface area contributed by atoms with E-state index in [4.69, 9.17) is 4.74 Å². The summed E-state index contributed by atoms with van der Waals surface area (Å²) in [6.07, 6.45) is 18.4. The molecule has 34 heavy (non-hydrogen) atoms. The topological polar surface area (TPSA) is 60.3 Å². The lowest BCUT2D eigenvalue weighted by molar-refractivity contribution is -0.164. The van der Waals surface area contributed by atoms with Gasteiger partial charge in [-0.2, -0.15) is 0 Å². The molecule has 6 heteroatoms. The maximum absolute atomic E-state index is 12.1. The summed E-state index contributed by atoms with van der Waals surface area (Å²) in [5.74, 6) is 2.89. The van der Waals surface area contributed by atoms with Crippen LogP contribution >= 0.6 is 0 Å². The number of ether oxygens (including phenoxy) is 1. The summed E-state index contributed by atoms with van der Waals surface area (Å²) in [5.41, 5.74) is 0.524. The Bertz CT molecular complexity index is 883. The van der Waals surface area contributed by atoms with E-state index in [1.165, 1.54) is 77.3 Å². The molecule has 1 saturated heterocycles. The van der Waals surface area contributed by atoms with Gasteiger partial charge >= 0.3 is 5.97 Å². The molecule has 0 aromatic carbocycles. The van der Waals surface area contributed by atoms with Crippen LogP contribution in [0.4, 0.5) is 0 Å². The molecule has 1 aromatic heterocycles. The maximum Gasteiger partial charge on any atom is 0.302 e. The van der Waals surface area contributed by atoms with Crippen molar-refractivity contribution in [3.8, 4) is 0 Å². The standard InChI is InChI=1S/C28H44N4O2/c1-19(33)34-26-25(32-16-13-29-30-32)18-24-22-8-7-20-17-21(31-14-5-4-6-15-31)9-11-27(20,2)23(22)10-12-28(24,26)3/h13,16,20-26H,4-12,14-15,17-18H2,1-3H3/t20?,21-,22?,23?,24?,25-,26-,27-,28-/m0/s1. The summed E-state index contributed by atoms with van der Waals surface area (Å²) in [4.78, 5) is 15.0. The molecular weight excluding hydrogens is 424 g/mol. The molecule has 0 amide bonds. The number of carbonyl (C=O) groups excluding carboxylic acids is 1. The number of piperidine rings is 1. The van der Waals surface area contributed by atoms with Gasteiger partial charge in [0.1, 0.15) is 6.10 Å². The fraction of sp³-hybridized carbons (Fsp3) is 0.893. The molecule has 4 aliphatic carbocycles. The van der Waals surface area contributed by atoms with E-state index in [2.05, 4.69) is 29.1 Å². The number of hydrogen-bond acceptors (Lipinski definition) is 5. The van der Waals surface area contributed by atoms with Gasteiger partial charge in [-0.3, -0.25) is 4.79 Å². The molecule has 0 spiro atoms. The molecule has 0 bridgehead atoms. The molecule has 188 valence electrons. The van der Waals surface area contributed by atoms with Crippen molar-refractivity contribution < 1.29 is 9.53 Å². The minimum atomic E-state index is -0.161. The van der Waals surface area contributed by atoms with Crippen LogP contribution in [0.3, 0.4) is 0 Å². The number of carbonyl (C=O) groups is 1. The van der Waals surface area contributed by atoms with Gasteiger partial charge < -0.3 is 9.64 Å². The molecule has 1 aromatic rings. The van der Waals surface area contributed by atoms with Gasteiger partial charge in [0.25, 0.3) is 0 Å². The molecular formula is C28H44N4O2. The number of hydrogen-bond donors (Lipinski definition) is 0. The molecule has 1 aliphatic heterocycles. The SMILES string of the molecule is CC(=O)O[C@H]1[C@@H](n2ccnn2)CC2C3CCC4C[C@@H](N5CCCCC5)CC[C@]4(C)C3CC[C@@]21C. The number of likely N-dealkylation sites (tertiary alicyclic amines) is 1. The molecule has 9 atom stereocenters. The third kappa shape index (κ3) is 3.57. The molecule has 2 heterocycles. The predicted octanol–water partition coefficient (Wildman–Crippen LogP) is 5.26. The summed E-state index contributed by atoms with van der Waals surface area (Å²) in [5, 5.41) is 8.43. The Balaban J connectivity index is 1.24. The Hall–Kier alpha value is -1.43. The lowest BCUT2D eigenvalue weighted by Crippen LogP contribution is -2.56. The van der Waals surface area contributed by atoms with Crippen LogP contribution < -0.4 is 0 Å². The number of fused-ring (bicyclic) bond motifs is 5. The highest BCUT2D eigenvalue weighted by atomic mass is 16.5. The summed E-state index contributed by atoms with van der Waals surface area (Å²) >= 11 is 0. The van der Waals surface area contributed by atoms with Crippen molar-refractivity contribution in [2.75, 3.05) is 13.1 Å². The van der Waals surface area contributed by atoms with Crippen molar-refractivity contribution in [3.05, 3.63) is 12.4 Å². The molecule has 5 aliphatic rings. The van der Waals surface area contributed by atoms with Crippen molar-refractivity contribution in [3.63, 3.8) is 0 Å². The first-order valence-corrected chi connectivity index (χ1v) is 14.2. The number of rotatable bonds is 3. The van der Waals surface area contributed by atoms with Crippen molar-refractivity contribution in [1.82, 2.24) is 19.9 Å². The average Bonchev–Trinajstić information content (AvgIpc) is 3.45. The van der Waals surface area contributed by atoms with Crippen LogP contribution in [-0.4, -0.2) is 51.1 Å². The zero-order valence-corrected chi connectivity index (χ0v) is 21.5. The molecule has 4 unspecified atom stereocenters. The summed E-state index contributed by atoms with van der Waals surface area (Å²) in [7, 11) is 0. The van der Waals surface area contributed by atoms with Crippen molar-refractivity contribution in [2.24, 2.45) is 34.5 Å². The van der Waals surface area contributed by atoms with Crippen LogP contribution in [0.15, 0.2) is 12.4 Å². The van der Waals surface area contributed by atoms with Gasteiger partial charge in [-0.1, -0.05) is 25.5 Å². The van der Waals surface area contributed by atoms with Crippen molar-refractivity contribution in [2.45, 2.75) is 110 Å². The van der Waals surface area contributed by atoms with E-state index in [9.17, 15) is 4.79 Å². The van der Waals surface area contributed by atoms with Crippen LogP contribution in [0.1, 0.15) is 97.4 Å². The highest BCUT2D eigenvalue weighted by Gasteiger charge is 2.64. The zero-order valence-electron chi connectivity index (χ0n) is 21.5. The van der Waals surface area contributed by atoms with Gasteiger partial charge in [0.05, 0.1) is 12.2 Å². The Morgan fingerprint density at radius 3 is 2.50 bits per heavy atom. The first kappa shape index (κ1) is 23.0. The van der Waals surface area contributed by atoms with Crippen molar-refractivity contribution in [1.29, 1.82) is 0 Å². The van der Waals surface area contributed by atoms with Crippen LogP contribution in [0, 0.1) is 34.5 Å². The Labute approximate surface area is 205 Å². The third-order valence-electron chi connectivity index (χ3n) is 11.6. The van der Waals surface area contributed by atoms with Gasteiger partial charge in [0.15, 0.2) is 0 Å². The van der Waals surface area contributed by atoms with E-state index in [0.29, 0.717) is 11.3 Å². The predicted molar refractivity (Wildman–Crippen MR) is 131 cm³/mol. The number of nitrogens with zero attached hydrogens (tertiary/aromatic N) is 4. The summed E-state index contributed by atoms with van der Waals surface area (Å²) in [6.45, 7) is 9.31. The lowest BCUT2D eigenvalue weighted by atomic mass is 9.45. The van der Waals surface area contributed by atoms with Crippen LogP contribution in [-0.2, 0) is 9.53 Å². The van der Waals surface area contributed by atoms with Crippen molar-refractivity contribution >= 4 is 5.97 Å². The van der Waals surface area contributed by atoms with E-state index < -0.39 is 0 Å². The first-order valence-electron chi connectivity index (χ1n) is 14.2. The highest BCUT2D eigenvalue weighted by molar-refractivity contribution is 5.66. The number of esters is 1. The zero-order chi connectivity index (χ0) is 23.5. The van der Waals surface area contributed by atoms with E-state index in [-0.39, 0.29) is 23.5 Å². The molecule has 0 radical (unpaired) electrons. The quantitative estimate of drug-likeness (QED) is 0.567. The minimum Gasteiger partial charge on any atom is -0.460 e. The van der Waals surface area contributed by atoms with Crippen LogP contribution in [0.25, 0.3) is 0 Å². The summed E-state index contributed by atoms with van der Waals surface area (Å²) in [6, 6.07) is 0.945. The second kappa shape index (κ2) is 8.60. The average molecular weight is 469 g/mol. The van der Waals surface area contributed by atoms with E-state index in [0.717, 1.165) is 30.2 Å². The maximum atomic E-state index is 12.1. The Morgan fingerprint density at radius 1 is 0.971 bits per heavy atom. The van der Waals surface area contributed by atoms with Crippen LogP contribution in [0.2, 0.25) is 0 Å². The highest BCUT2D eigenvalue weighted by Crippen LogP contribution is 2.68. The monoisotopic (exact) mass is 468 g/mol. The van der Waals surface area contributed by atoms with Gasteiger partial charge in [0.2, 0.25) is 0 Å². The molecule has 4 saturated carbocycles. The smallest absolute Gasteiger partial charge is 0.302 e. The van der Waals surface area contributed by atoms with E-state index in [1.807, 2.05) is 10.9 Å². The first-order chi connectivity index (χ1) is 16.4. The van der Waals surface area contributed by atoms with Crippen LogP contribution in [0.5, 0.6) is 0 Å². The van der Waals surface area contributed by atoms with E-state index in [1.54, 1.807) is 13.1 Å². The summed E-state index contributed by atoms with van der Waals surface area (Å²) < 4.78 is 8.06. The lowest BCUT2D eigenvalue weighted by Gasteiger charge is -2.61. The van der Waals surface area contributed by atoms with Gasteiger partial charge in [0, 0.05) is 24.6 Å². The Kier molecular flexibility index (Phi) is 5.82. The van der Waals surface area contributed by atoms with E-state index >= 15 is 0 Å². The Morgan fingerprint density at radius 2 is 1.76 bits per heavy atom. The fourth-order valence-electron chi connectivity index (χ4n) is 9.85. The molecule has 5 fully saturated rings. The van der Waals surface area contributed by atoms with Gasteiger partial charge in [-0.15, -0.1) is 5.10 Å². The fourth-order valence-corrected chi connectivity index (χ4v) is 9.85. The number of aromatic nitrogens is 3. The van der Waals surface area contributed by atoms with Gasteiger partial charge in [-0.05, 0) is 106 Å². The second-order valence-corrected chi connectivity index (χ2v) is 12.9. The second-order valence-electron chi connectivity index (χ2n) is 12.9. The molecule has 6 nitrogen and oxygen atoms in total. The minimum absolute atomic E-state index is 0.0393. The largest absolute Gasteiger partial charge is 0.460 e. The molecule has 6 rings (SSSR count). The normalized spacial score (nSPS) is 46.9. The third-order valence-corrected chi connectivity index (χ3v) is 11.6.